The van der Waals surface area contributed by atoms with Crippen LogP contribution < -0.4 is 0 Å². The number of esters is 2. The normalized spacial score (nSPS) is 9.75. The lowest BCUT2D eigenvalue weighted by molar-refractivity contribution is -0.138. The zero-order valence-corrected chi connectivity index (χ0v) is 9.19. The first kappa shape index (κ1) is 14.2. The molecule has 0 unspecified atom stereocenters. The quantitative estimate of drug-likeness (QED) is 0.273. The van der Waals surface area contributed by atoms with E-state index in [0.717, 1.165) is 12.2 Å². The molecule has 0 saturated carbocycles. The third kappa shape index (κ3) is 8.74. The first-order chi connectivity index (χ1) is 7.70. The van der Waals surface area contributed by atoms with E-state index in [1.165, 1.54) is 0 Å². The van der Waals surface area contributed by atoms with Gasteiger partial charge in [-0.2, -0.15) is 0 Å². The van der Waals surface area contributed by atoms with Crippen molar-refractivity contribution in [3.63, 3.8) is 0 Å². The average Bonchev–Trinajstić information content (AvgIpc) is 2.31. The van der Waals surface area contributed by atoms with Crippen molar-refractivity contribution in [2.45, 2.75) is 12.8 Å². The Morgan fingerprint density at radius 3 is 1.56 bits per heavy atom. The third-order valence-corrected chi connectivity index (χ3v) is 1.56. The van der Waals surface area contributed by atoms with Crippen molar-refractivity contribution in [2.75, 3.05) is 13.2 Å². The van der Waals surface area contributed by atoms with Crippen LogP contribution in [0.4, 0.5) is 0 Å². The minimum atomic E-state index is -0.423. The van der Waals surface area contributed by atoms with Gasteiger partial charge in [-0.05, 0) is 12.8 Å². The summed E-state index contributed by atoms with van der Waals surface area (Å²) in [5.41, 5.74) is 0. The molecular formula is C12H16O4. The highest BCUT2D eigenvalue weighted by atomic mass is 16.5. The van der Waals surface area contributed by atoms with Crippen LogP contribution in [-0.2, 0) is 19.1 Å². The number of carbonyl (C=O) groups is 2. The molecule has 16 heavy (non-hydrogen) atoms. The molecule has 0 rings (SSSR count). The SMILES string of the molecule is C=CC(=O)OCC/C=C/CCOC(=O)C=C. The molecule has 0 atom stereocenters. The third-order valence-electron chi connectivity index (χ3n) is 1.56. The van der Waals surface area contributed by atoms with E-state index < -0.39 is 11.9 Å². The molecule has 0 aromatic carbocycles. The van der Waals surface area contributed by atoms with E-state index in [2.05, 4.69) is 13.2 Å². The molecule has 0 aliphatic carbocycles. The molecule has 4 heteroatoms. The van der Waals surface area contributed by atoms with Crippen LogP contribution >= 0.6 is 0 Å². The maximum atomic E-state index is 10.6. The second-order valence-corrected chi connectivity index (χ2v) is 2.79. The average molecular weight is 224 g/mol. The second kappa shape index (κ2) is 9.71. The van der Waals surface area contributed by atoms with Gasteiger partial charge in [0.25, 0.3) is 0 Å². The van der Waals surface area contributed by atoms with Crippen LogP contribution in [0.1, 0.15) is 12.8 Å². The van der Waals surface area contributed by atoms with Crippen molar-refractivity contribution in [1.82, 2.24) is 0 Å². The lowest BCUT2D eigenvalue weighted by Gasteiger charge is -1.98. The monoisotopic (exact) mass is 224 g/mol. The smallest absolute Gasteiger partial charge is 0.330 e. The van der Waals surface area contributed by atoms with Gasteiger partial charge >= 0.3 is 11.9 Å². The summed E-state index contributed by atoms with van der Waals surface area (Å²) in [6, 6.07) is 0. The summed E-state index contributed by atoms with van der Waals surface area (Å²) in [6.45, 7) is 7.21. The summed E-state index contributed by atoms with van der Waals surface area (Å²) in [4.78, 5) is 21.2. The van der Waals surface area contributed by atoms with Gasteiger partial charge in [0.2, 0.25) is 0 Å². The number of rotatable bonds is 8. The summed E-state index contributed by atoms with van der Waals surface area (Å²) in [5.74, 6) is -0.846. The van der Waals surface area contributed by atoms with Crippen molar-refractivity contribution in [3.05, 3.63) is 37.5 Å². The van der Waals surface area contributed by atoms with Crippen LogP contribution in [0.2, 0.25) is 0 Å². The molecule has 0 amide bonds. The van der Waals surface area contributed by atoms with Crippen LogP contribution in [0.3, 0.4) is 0 Å². The summed E-state index contributed by atoms with van der Waals surface area (Å²) < 4.78 is 9.49. The molecule has 88 valence electrons. The highest BCUT2D eigenvalue weighted by molar-refractivity contribution is 5.81. The minimum absolute atomic E-state index is 0.327. The predicted octanol–water partition coefficient (Wildman–Crippen LogP) is 1.78. The van der Waals surface area contributed by atoms with Crippen molar-refractivity contribution in [1.29, 1.82) is 0 Å². The second-order valence-electron chi connectivity index (χ2n) is 2.79. The molecule has 0 radical (unpaired) electrons. The van der Waals surface area contributed by atoms with Gasteiger partial charge in [0.05, 0.1) is 13.2 Å². The first-order valence-corrected chi connectivity index (χ1v) is 4.94. The van der Waals surface area contributed by atoms with Crippen molar-refractivity contribution < 1.29 is 19.1 Å². The van der Waals surface area contributed by atoms with Crippen LogP contribution in [-0.4, -0.2) is 25.2 Å². The summed E-state index contributed by atoms with van der Waals surface area (Å²) in [5, 5.41) is 0. The molecule has 0 heterocycles. The minimum Gasteiger partial charge on any atom is -0.462 e. The summed E-state index contributed by atoms with van der Waals surface area (Å²) in [7, 11) is 0. The Morgan fingerprint density at radius 1 is 0.875 bits per heavy atom. The van der Waals surface area contributed by atoms with Gasteiger partial charge in [-0.25, -0.2) is 9.59 Å². The molecule has 0 fully saturated rings. The van der Waals surface area contributed by atoms with E-state index in [4.69, 9.17) is 9.47 Å². The Kier molecular flexibility index (Phi) is 8.59. The number of carbonyl (C=O) groups excluding carboxylic acids is 2. The molecule has 0 aliphatic heterocycles. The van der Waals surface area contributed by atoms with Gasteiger partial charge in [-0.3, -0.25) is 0 Å². The lowest BCUT2D eigenvalue weighted by atomic mass is 10.3. The van der Waals surface area contributed by atoms with E-state index in [1.54, 1.807) is 0 Å². The fraction of sp³-hybridized carbons (Fsp3) is 0.333. The van der Waals surface area contributed by atoms with E-state index in [1.807, 2.05) is 12.2 Å². The molecule has 0 aromatic rings. The van der Waals surface area contributed by atoms with Crippen LogP contribution in [0.15, 0.2) is 37.5 Å². The zero-order valence-electron chi connectivity index (χ0n) is 9.19. The number of ether oxygens (including phenoxy) is 2. The van der Waals surface area contributed by atoms with E-state index in [0.29, 0.717) is 26.1 Å². The Hall–Kier alpha value is -1.84. The molecule has 0 spiro atoms. The molecule has 0 bridgehead atoms. The van der Waals surface area contributed by atoms with Gasteiger partial charge < -0.3 is 9.47 Å². The number of hydrogen-bond donors (Lipinski definition) is 0. The van der Waals surface area contributed by atoms with Crippen molar-refractivity contribution in [3.8, 4) is 0 Å². The summed E-state index contributed by atoms with van der Waals surface area (Å²) in [6.07, 6.45) is 7.23. The molecular weight excluding hydrogens is 208 g/mol. The highest BCUT2D eigenvalue weighted by Gasteiger charge is 1.93. The molecule has 0 aliphatic rings. The Labute approximate surface area is 95.2 Å². The maximum absolute atomic E-state index is 10.6. The Morgan fingerprint density at radius 2 is 1.25 bits per heavy atom. The molecule has 0 saturated heterocycles. The van der Waals surface area contributed by atoms with Crippen molar-refractivity contribution >= 4 is 11.9 Å². The molecule has 4 nitrogen and oxygen atoms in total. The Bertz CT molecular complexity index is 251. The van der Waals surface area contributed by atoms with E-state index >= 15 is 0 Å². The van der Waals surface area contributed by atoms with Gasteiger partial charge in [-0.15, -0.1) is 0 Å². The highest BCUT2D eigenvalue weighted by Crippen LogP contribution is 1.91. The van der Waals surface area contributed by atoms with Crippen LogP contribution in [0, 0.1) is 0 Å². The lowest BCUT2D eigenvalue weighted by Crippen LogP contribution is -2.01. The Balaban J connectivity index is 3.35. The van der Waals surface area contributed by atoms with Crippen LogP contribution in [0.25, 0.3) is 0 Å². The number of hydrogen-bond acceptors (Lipinski definition) is 4. The van der Waals surface area contributed by atoms with E-state index in [-0.39, 0.29) is 0 Å². The topological polar surface area (TPSA) is 52.6 Å². The maximum Gasteiger partial charge on any atom is 0.330 e. The standard InChI is InChI=1S/C12H16O4/c1-3-11(13)15-9-7-5-6-8-10-16-12(14)4-2/h3-6H,1-2,7-10H2/b6-5+. The van der Waals surface area contributed by atoms with Gasteiger partial charge in [0.15, 0.2) is 0 Å². The first-order valence-electron chi connectivity index (χ1n) is 4.94. The predicted molar refractivity (Wildman–Crippen MR) is 60.7 cm³/mol. The zero-order chi connectivity index (χ0) is 12.2. The summed E-state index contributed by atoms with van der Waals surface area (Å²) >= 11 is 0. The van der Waals surface area contributed by atoms with Gasteiger partial charge in [0.1, 0.15) is 0 Å². The molecule has 0 N–H and O–H groups in total. The van der Waals surface area contributed by atoms with Gasteiger partial charge in [-0.1, -0.05) is 25.3 Å². The van der Waals surface area contributed by atoms with E-state index in [9.17, 15) is 9.59 Å². The molecule has 0 aromatic heterocycles. The fourth-order valence-corrected chi connectivity index (χ4v) is 0.809. The fourth-order valence-electron chi connectivity index (χ4n) is 0.809. The van der Waals surface area contributed by atoms with Crippen LogP contribution in [0.5, 0.6) is 0 Å². The largest absolute Gasteiger partial charge is 0.462 e. The van der Waals surface area contributed by atoms with Gasteiger partial charge in [0, 0.05) is 12.2 Å². The van der Waals surface area contributed by atoms with Crippen molar-refractivity contribution in [2.24, 2.45) is 0 Å².